The molecule has 1 atom stereocenters. The van der Waals surface area contributed by atoms with Crippen LogP contribution in [-0.4, -0.2) is 26.6 Å². The summed E-state index contributed by atoms with van der Waals surface area (Å²) in [5.74, 6) is -0.00155. The minimum atomic E-state index is -0.662. The Bertz CT molecular complexity index is 1110. The molecule has 1 aliphatic carbocycles. The van der Waals surface area contributed by atoms with E-state index in [0.717, 1.165) is 51.4 Å². The molecule has 0 fully saturated rings. The maximum Gasteiger partial charge on any atom is 0.163 e. The van der Waals surface area contributed by atoms with E-state index in [9.17, 15) is 4.79 Å². The number of thiophene rings is 1. The fourth-order valence-corrected chi connectivity index (χ4v) is 5.93. The molecule has 0 bridgehead atoms. The number of rotatable bonds is 4. The smallest absolute Gasteiger partial charge is 0.163 e. The fourth-order valence-electron chi connectivity index (χ4n) is 4.61. The molecule has 0 radical (unpaired) electrons. The van der Waals surface area contributed by atoms with Crippen LogP contribution in [-0.2, 0) is 22.4 Å². The molecule has 30 heavy (non-hydrogen) atoms. The summed E-state index contributed by atoms with van der Waals surface area (Å²) in [5.41, 5.74) is 6.82. The molecule has 3 aromatic heterocycles. The first-order valence-corrected chi connectivity index (χ1v) is 11.5. The number of aryl methyl sites for hydroxylation is 5. The average molecular weight is 426 g/mol. The molecule has 4 rings (SSSR count). The van der Waals surface area contributed by atoms with Gasteiger partial charge in [0.15, 0.2) is 5.78 Å². The fraction of sp³-hybridized carbons (Fsp3) is 0.542. The van der Waals surface area contributed by atoms with E-state index >= 15 is 0 Å². The van der Waals surface area contributed by atoms with Crippen LogP contribution in [0.5, 0.6) is 0 Å². The average Bonchev–Trinajstić information content (AvgIpc) is 3.17. The number of carbonyl (C=O) groups is 1. The first kappa shape index (κ1) is 21.2. The lowest BCUT2D eigenvalue weighted by Gasteiger charge is -2.29. The second kappa shape index (κ2) is 7.57. The normalized spacial score (nSPS) is 15.4. The Balaban J connectivity index is 2.13. The summed E-state index contributed by atoms with van der Waals surface area (Å²) in [6.45, 7) is 13.7. The van der Waals surface area contributed by atoms with Gasteiger partial charge >= 0.3 is 0 Å². The van der Waals surface area contributed by atoms with Crippen LogP contribution in [0.1, 0.15) is 79.7 Å². The summed E-state index contributed by atoms with van der Waals surface area (Å²) in [7, 11) is 0. The van der Waals surface area contributed by atoms with Crippen LogP contribution in [0.3, 0.4) is 0 Å². The number of Topliss-reactive ketones (excluding diaryl/α,β-unsaturated/α-hetero) is 1. The predicted octanol–water partition coefficient (Wildman–Crippen LogP) is 5.94. The van der Waals surface area contributed by atoms with Crippen molar-refractivity contribution in [3.8, 4) is 11.1 Å². The number of nitrogens with one attached hydrogen (secondary N) is 1. The molecule has 0 spiro atoms. The molecule has 0 aliphatic heterocycles. The number of pyridine rings is 1. The number of aromatic amines is 1. The first-order valence-electron chi connectivity index (χ1n) is 10.7. The lowest BCUT2D eigenvalue weighted by Crippen LogP contribution is -2.27. The lowest BCUT2D eigenvalue weighted by atomic mass is 9.86. The van der Waals surface area contributed by atoms with Gasteiger partial charge in [-0.05, 0) is 79.7 Å². The molecule has 1 aliphatic rings. The molecule has 0 amide bonds. The number of hydrogen-bond donors (Lipinski definition) is 1. The molecule has 0 unspecified atom stereocenters. The zero-order valence-corrected chi connectivity index (χ0v) is 19.8. The largest absolute Gasteiger partial charge is 0.360 e. The summed E-state index contributed by atoms with van der Waals surface area (Å²) >= 11 is 1.81. The summed E-state index contributed by atoms with van der Waals surface area (Å²) in [5, 5.41) is 8.82. The van der Waals surface area contributed by atoms with Crippen LogP contribution in [0.25, 0.3) is 21.3 Å². The summed E-state index contributed by atoms with van der Waals surface area (Å²) < 4.78 is 6.34. The van der Waals surface area contributed by atoms with Gasteiger partial charge in [0.25, 0.3) is 0 Å². The number of ketones is 1. The molecular weight excluding hydrogens is 394 g/mol. The number of nitrogens with zero attached hydrogens (tertiary/aromatic N) is 2. The molecule has 6 heteroatoms. The van der Waals surface area contributed by atoms with Crippen molar-refractivity contribution < 1.29 is 9.53 Å². The molecule has 0 saturated heterocycles. The Kier molecular flexibility index (Phi) is 5.35. The van der Waals surface area contributed by atoms with Gasteiger partial charge in [-0.25, -0.2) is 4.98 Å². The number of fused-ring (bicyclic) bond motifs is 3. The second-order valence-electron chi connectivity index (χ2n) is 9.41. The topological polar surface area (TPSA) is 67.9 Å². The quantitative estimate of drug-likeness (QED) is 0.562. The Morgan fingerprint density at radius 1 is 1.10 bits per heavy atom. The van der Waals surface area contributed by atoms with Gasteiger partial charge in [-0.15, -0.1) is 11.3 Å². The highest BCUT2D eigenvalue weighted by atomic mass is 32.1. The molecule has 160 valence electrons. The third-order valence-corrected chi connectivity index (χ3v) is 7.00. The highest BCUT2D eigenvalue weighted by Crippen LogP contribution is 2.46. The number of hydrogen-bond acceptors (Lipinski definition) is 5. The van der Waals surface area contributed by atoms with Gasteiger partial charge < -0.3 is 4.74 Å². The SMILES string of the molecule is CC(=O)[C@@H](OC(C)(C)C)c1c(C)nc2sc3c(c2c1-c1c(C)n[nH]c1C)CCCC3. The number of ether oxygens (including phenoxy) is 1. The third-order valence-electron chi connectivity index (χ3n) is 5.81. The van der Waals surface area contributed by atoms with Crippen molar-refractivity contribution in [2.75, 3.05) is 0 Å². The van der Waals surface area contributed by atoms with E-state index in [1.165, 1.54) is 28.7 Å². The van der Waals surface area contributed by atoms with Crippen molar-refractivity contribution in [3.63, 3.8) is 0 Å². The van der Waals surface area contributed by atoms with Gasteiger partial charge in [0.05, 0.1) is 11.3 Å². The third kappa shape index (κ3) is 3.60. The monoisotopic (exact) mass is 425 g/mol. The van der Waals surface area contributed by atoms with Crippen molar-refractivity contribution in [3.05, 3.63) is 33.1 Å². The van der Waals surface area contributed by atoms with E-state index in [2.05, 4.69) is 10.2 Å². The highest BCUT2D eigenvalue weighted by molar-refractivity contribution is 7.19. The number of carbonyl (C=O) groups excluding carboxylic acids is 1. The zero-order chi connectivity index (χ0) is 21.8. The molecule has 3 aromatic rings. The van der Waals surface area contributed by atoms with Crippen molar-refractivity contribution in [1.29, 1.82) is 0 Å². The Hall–Kier alpha value is -2.05. The maximum absolute atomic E-state index is 12.9. The standard InChI is InChI=1S/C24H31N3O2S/c1-12-19(22(15(4)28)29-24(5,6)7)21(18-13(2)26-27-14(18)3)20-16-10-8-9-11-17(16)30-23(20)25-12/h22H,8-11H2,1-7H3,(H,26,27)/t22-/m1/s1. The van der Waals surface area contributed by atoms with Crippen molar-refractivity contribution in [1.82, 2.24) is 15.2 Å². The summed E-state index contributed by atoms with van der Waals surface area (Å²) in [6, 6.07) is 0. The Morgan fingerprint density at radius 3 is 2.40 bits per heavy atom. The van der Waals surface area contributed by atoms with E-state index in [0.29, 0.717) is 0 Å². The lowest BCUT2D eigenvalue weighted by molar-refractivity contribution is -0.138. The van der Waals surface area contributed by atoms with Crippen LogP contribution >= 0.6 is 11.3 Å². The van der Waals surface area contributed by atoms with Gasteiger partial charge in [0.2, 0.25) is 0 Å². The molecule has 5 nitrogen and oxygen atoms in total. The van der Waals surface area contributed by atoms with Crippen LogP contribution in [0.4, 0.5) is 0 Å². The summed E-state index contributed by atoms with van der Waals surface area (Å²) in [4.78, 5) is 20.4. The van der Waals surface area contributed by atoms with Crippen molar-refractivity contribution in [2.45, 2.75) is 85.9 Å². The van der Waals surface area contributed by atoms with E-state index in [1.54, 1.807) is 6.92 Å². The minimum absolute atomic E-state index is 0.00155. The molecule has 0 aromatic carbocycles. The van der Waals surface area contributed by atoms with E-state index in [-0.39, 0.29) is 5.78 Å². The highest BCUT2D eigenvalue weighted by Gasteiger charge is 2.33. The van der Waals surface area contributed by atoms with Crippen LogP contribution in [0.15, 0.2) is 0 Å². The second-order valence-corrected chi connectivity index (χ2v) is 10.5. The van der Waals surface area contributed by atoms with Gasteiger partial charge in [0.1, 0.15) is 10.9 Å². The van der Waals surface area contributed by atoms with Crippen molar-refractivity contribution >= 4 is 27.3 Å². The Labute approximate surface area is 182 Å². The predicted molar refractivity (Wildman–Crippen MR) is 122 cm³/mol. The van der Waals surface area contributed by atoms with E-state index < -0.39 is 11.7 Å². The number of H-pyrrole nitrogens is 1. The van der Waals surface area contributed by atoms with E-state index in [4.69, 9.17) is 9.72 Å². The zero-order valence-electron chi connectivity index (χ0n) is 19.0. The van der Waals surface area contributed by atoms with Gasteiger partial charge in [0, 0.05) is 38.3 Å². The van der Waals surface area contributed by atoms with Crippen molar-refractivity contribution in [2.24, 2.45) is 0 Å². The van der Waals surface area contributed by atoms with Gasteiger partial charge in [-0.2, -0.15) is 5.10 Å². The maximum atomic E-state index is 12.9. The number of aromatic nitrogens is 3. The van der Waals surface area contributed by atoms with Gasteiger partial charge in [-0.3, -0.25) is 9.89 Å². The van der Waals surface area contributed by atoms with Gasteiger partial charge in [-0.1, -0.05) is 0 Å². The Morgan fingerprint density at radius 2 is 1.80 bits per heavy atom. The molecule has 3 heterocycles. The van der Waals surface area contributed by atoms with E-state index in [1.807, 2.05) is 52.9 Å². The molecule has 1 N–H and O–H groups in total. The molecule has 0 saturated carbocycles. The van der Waals surface area contributed by atoms with Crippen LogP contribution in [0.2, 0.25) is 0 Å². The minimum Gasteiger partial charge on any atom is -0.360 e. The first-order chi connectivity index (χ1) is 14.1. The summed E-state index contributed by atoms with van der Waals surface area (Å²) in [6.07, 6.45) is 3.94. The molecular formula is C24H31N3O2S. The van der Waals surface area contributed by atoms with Crippen LogP contribution < -0.4 is 0 Å². The van der Waals surface area contributed by atoms with Crippen LogP contribution in [0, 0.1) is 20.8 Å².